The summed E-state index contributed by atoms with van der Waals surface area (Å²) in [5.74, 6) is -3.17. The van der Waals surface area contributed by atoms with Gasteiger partial charge in [0.2, 0.25) is 0 Å². The van der Waals surface area contributed by atoms with E-state index < -0.39 is 33.8 Å². The van der Waals surface area contributed by atoms with Crippen molar-refractivity contribution in [3.8, 4) is 0 Å². The van der Waals surface area contributed by atoms with Gasteiger partial charge in [0.25, 0.3) is 16.7 Å². The van der Waals surface area contributed by atoms with Crippen LogP contribution in [-0.2, 0) is 23.9 Å². The van der Waals surface area contributed by atoms with E-state index in [9.17, 15) is 34.6 Å². The molecular weight excluding hydrogens is 542 g/mol. The highest BCUT2D eigenvalue weighted by atomic mass is 16.9. The minimum atomic E-state index is -1.10. The highest BCUT2D eigenvalue weighted by Gasteiger charge is 2.38. The fourth-order valence-electron chi connectivity index (χ4n) is 4.11. The number of nitrogens with one attached hydrogen (secondary N) is 2. The first-order valence-corrected chi connectivity index (χ1v) is 12.3. The number of benzene rings is 1. The first-order chi connectivity index (χ1) is 19.6. The largest absolute Gasteiger partial charge is 0.462 e. The Morgan fingerprint density at radius 2 is 1.66 bits per heavy atom. The normalized spacial score (nSPS) is 14.5. The molecular formula is C26H27N5O10. The summed E-state index contributed by atoms with van der Waals surface area (Å²) in [6.07, 6.45) is 2.94. The van der Waals surface area contributed by atoms with E-state index in [1.54, 1.807) is 26.0 Å². The Morgan fingerprint density at radius 1 is 0.976 bits per heavy atom. The number of dihydropyridines is 1. The van der Waals surface area contributed by atoms with Crippen LogP contribution >= 0.6 is 0 Å². The van der Waals surface area contributed by atoms with Crippen LogP contribution < -0.4 is 10.6 Å². The maximum atomic E-state index is 13.3. The second-order valence-corrected chi connectivity index (χ2v) is 8.67. The number of ether oxygens (including phenoxy) is 2. The zero-order chi connectivity index (χ0) is 29.9. The summed E-state index contributed by atoms with van der Waals surface area (Å²) in [4.78, 5) is 68.0. The van der Waals surface area contributed by atoms with E-state index in [2.05, 4.69) is 20.5 Å². The lowest BCUT2D eigenvalue weighted by molar-refractivity contribution is -0.757. The van der Waals surface area contributed by atoms with Gasteiger partial charge in [0.1, 0.15) is 6.61 Å². The predicted octanol–water partition coefficient (Wildman–Crippen LogP) is 2.34. The number of hydrogen-bond donors (Lipinski definition) is 2. The van der Waals surface area contributed by atoms with Crippen LogP contribution in [-0.4, -0.2) is 59.2 Å². The molecule has 216 valence electrons. The van der Waals surface area contributed by atoms with Gasteiger partial charge in [0.05, 0.1) is 47.3 Å². The van der Waals surface area contributed by atoms with Crippen LogP contribution in [0.5, 0.6) is 0 Å². The molecule has 3 rings (SSSR count). The van der Waals surface area contributed by atoms with Gasteiger partial charge in [-0.25, -0.2) is 9.59 Å². The van der Waals surface area contributed by atoms with Crippen molar-refractivity contribution in [1.29, 1.82) is 0 Å². The molecule has 0 saturated carbocycles. The van der Waals surface area contributed by atoms with Gasteiger partial charge in [-0.2, -0.15) is 0 Å². The molecule has 0 aliphatic carbocycles. The lowest BCUT2D eigenvalue weighted by Gasteiger charge is -2.30. The van der Waals surface area contributed by atoms with E-state index in [1.807, 2.05) is 0 Å². The van der Waals surface area contributed by atoms with E-state index >= 15 is 0 Å². The molecule has 0 fully saturated rings. The number of nitrogens with zero attached hydrogens (tertiary/aromatic N) is 3. The molecule has 1 aliphatic heterocycles. The van der Waals surface area contributed by atoms with Crippen molar-refractivity contribution in [2.24, 2.45) is 0 Å². The maximum absolute atomic E-state index is 13.3. The van der Waals surface area contributed by atoms with E-state index in [-0.39, 0.29) is 55.2 Å². The highest BCUT2D eigenvalue weighted by molar-refractivity contribution is 6.00. The number of allylic oxidation sites excluding steroid dienone is 2. The summed E-state index contributed by atoms with van der Waals surface area (Å²) in [5, 5.41) is 26.4. The predicted molar refractivity (Wildman–Crippen MR) is 140 cm³/mol. The average molecular weight is 570 g/mol. The van der Waals surface area contributed by atoms with Crippen molar-refractivity contribution < 1.29 is 38.7 Å². The van der Waals surface area contributed by atoms with Gasteiger partial charge in [0.15, 0.2) is 0 Å². The molecule has 1 aromatic heterocycles. The lowest BCUT2D eigenvalue weighted by atomic mass is 9.80. The smallest absolute Gasteiger partial charge is 0.336 e. The van der Waals surface area contributed by atoms with E-state index in [0.29, 0.717) is 17.0 Å². The number of aromatic nitrogens is 1. The van der Waals surface area contributed by atoms with Crippen molar-refractivity contribution in [3.63, 3.8) is 0 Å². The number of non-ortho nitro benzene ring substituents is 1. The van der Waals surface area contributed by atoms with Crippen LogP contribution in [0.4, 0.5) is 5.69 Å². The summed E-state index contributed by atoms with van der Waals surface area (Å²) in [6, 6.07) is 8.65. The molecule has 15 nitrogen and oxygen atoms in total. The second kappa shape index (κ2) is 14.2. The SMILES string of the molecule is CC1=C(C(=O)OCCCO[N+](=O)[O-])[C@H](c2cccc([N+](=O)[O-])c2)C(C(=O)OCCNC(=O)c2cccnc2)=C(C)N1. The maximum Gasteiger partial charge on any atom is 0.336 e. The summed E-state index contributed by atoms with van der Waals surface area (Å²) in [7, 11) is 0. The third-order valence-corrected chi connectivity index (χ3v) is 5.88. The van der Waals surface area contributed by atoms with Crippen LogP contribution in [0.1, 0.15) is 42.1 Å². The van der Waals surface area contributed by atoms with Crippen molar-refractivity contribution in [3.05, 3.63) is 103 Å². The number of nitro groups is 1. The number of rotatable bonds is 13. The summed E-state index contributed by atoms with van der Waals surface area (Å²) in [6.45, 7) is 2.43. The quantitative estimate of drug-likeness (QED) is 0.154. The fourth-order valence-corrected chi connectivity index (χ4v) is 4.11. The zero-order valence-corrected chi connectivity index (χ0v) is 22.2. The number of nitro benzene ring substituents is 1. The molecule has 41 heavy (non-hydrogen) atoms. The molecule has 1 amide bonds. The molecule has 2 heterocycles. The Morgan fingerprint density at radius 3 is 2.27 bits per heavy atom. The molecule has 15 heteroatoms. The minimum Gasteiger partial charge on any atom is -0.462 e. The number of hydrogen-bond acceptors (Lipinski definition) is 12. The van der Waals surface area contributed by atoms with Gasteiger partial charge in [0, 0.05) is 42.3 Å². The molecule has 1 aromatic carbocycles. The number of esters is 2. The number of pyridine rings is 1. The van der Waals surface area contributed by atoms with Gasteiger partial charge >= 0.3 is 11.9 Å². The van der Waals surface area contributed by atoms with E-state index in [4.69, 9.17) is 9.47 Å². The van der Waals surface area contributed by atoms with Gasteiger partial charge in [-0.05, 0) is 31.5 Å². The topological polar surface area (TPSA) is 202 Å². The third-order valence-electron chi connectivity index (χ3n) is 5.88. The lowest BCUT2D eigenvalue weighted by Crippen LogP contribution is -2.34. The van der Waals surface area contributed by atoms with Crippen LogP contribution in [0.3, 0.4) is 0 Å². The zero-order valence-electron chi connectivity index (χ0n) is 22.2. The first kappa shape index (κ1) is 30.2. The molecule has 1 atom stereocenters. The van der Waals surface area contributed by atoms with Crippen LogP contribution in [0, 0.1) is 20.2 Å². The third kappa shape index (κ3) is 8.08. The summed E-state index contributed by atoms with van der Waals surface area (Å²) >= 11 is 0. The first-order valence-electron chi connectivity index (χ1n) is 12.3. The molecule has 0 radical (unpaired) electrons. The van der Waals surface area contributed by atoms with E-state index in [1.165, 1.54) is 36.7 Å². The minimum absolute atomic E-state index is 0.00289. The van der Waals surface area contributed by atoms with Crippen molar-refractivity contribution in [1.82, 2.24) is 15.6 Å². The fraction of sp³-hybridized carbons (Fsp3) is 0.308. The molecule has 0 saturated heterocycles. The monoisotopic (exact) mass is 569 g/mol. The molecule has 0 bridgehead atoms. The van der Waals surface area contributed by atoms with Crippen molar-refractivity contribution >= 4 is 23.5 Å². The molecule has 2 aromatic rings. The van der Waals surface area contributed by atoms with Crippen LogP contribution in [0.15, 0.2) is 71.3 Å². The number of carbonyl (C=O) groups is 3. The Balaban J connectivity index is 1.81. The molecule has 2 N–H and O–H groups in total. The standard InChI is InChI=1S/C26H27N5O10/c1-16-21(25(33)39-11-5-12-41-31(37)38)23(18-6-3-8-20(14-18)30(35)36)22(17(2)29-16)26(34)40-13-10-28-24(32)19-7-4-9-27-15-19/h3-4,6-9,14-15,23,29H,5,10-13H2,1-2H3,(H,28,32)/t23-/m0/s1. The van der Waals surface area contributed by atoms with Crippen LogP contribution in [0.2, 0.25) is 0 Å². The van der Waals surface area contributed by atoms with Crippen LogP contribution in [0.25, 0.3) is 0 Å². The van der Waals surface area contributed by atoms with Gasteiger partial charge in [-0.3, -0.25) is 19.9 Å². The Kier molecular flexibility index (Phi) is 10.4. The summed E-state index contributed by atoms with van der Waals surface area (Å²) in [5.41, 5.74) is 1.03. The molecule has 0 spiro atoms. The molecule has 0 unspecified atom stereocenters. The van der Waals surface area contributed by atoms with Crippen molar-refractivity contribution in [2.45, 2.75) is 26.2 Å². The number of amides is 1. The van der Waals surface area contributed by atoms with Gasteiger partial charge < -0.3 is 24.9 Å². The van der Waals surface area contributed by atoms with E-state index in [0.717, 1.165) is 0 Å². The Bertz CT molecular complexity index is 1390. The van der Waals surface area contributed by atoms with Crippen molar-refractivity contribution in [2.75, 3.05) is 26.4 Å². The Labute approximate surface area is 233 Å². The second-order valence-electron chi connectivity index (χ2n) is 8.67. The molecule has 1 aliphatic rings. The van der Waals surface area contributed by atoms with Gasteiger partial charge in [-0.15, -0.1) is 10.1 Å². The summed E-state index contributed by atoms with van der Waals surface area (Å²) < 4.78 is 10.7. The van der Waals surface area contributed by atoms with Gasteiger partial charge in [-0.1, -0.05) is 12.1 Å². The number of carbonyl (C=O) groups excluding carboxylic acids is 3. The highest BCUT2D eigenvalue weighted by Crippen LogP contribution is 2.40. The Hall–Kier alpha value is -5.34. The average Bonchev–Trinajstić information content (AvgIpc) is 2.94.